The molecule has 24 heavy (non-hydrogen) atoms. The molecule has 0 N–H and O–H groups in total. The minimum atomic E-state index is -3.16. The second-order valence-electron chi connectivity index (χ2n) is 6.61. The molecule has 0 saturated heterocycles. The van der Waals surface area contributed by atoms with Crippen LogP contribution in [0.3, 0.4) is 0 Å². The van der Waals surface area contributed by atoms with Crippen molar-refractivity contribution in [3.8, 4) is 0 Å². The molecular weight excluding hydrogens is 395 g/mol. The first-order valence-corrected chi connectivity index (χ1v) is 14.3. The van der Waals surface area contributed by atoms with Crippen LogP contribution < -0.4 is 10.7 Å². The summed E-state index contributed by atoms with van der Waals surface area (Å²) in [7, 11) is 0. The van der Waals surface area contributed by atoms with E-state index in [2.05, 4.69) is 104 Å². The first-order valence-electron chi connectivity index (χ1n) is 8.41. The van der Waals surface area contributed by atoms with E-state index in [0.717, 1.165) is 0 Å². The van der Waals surface area contributed by atoms with E-state index in [1.807, 2.05) is 0 Å². The van der Waals surface area contributed by atoms with E-state index in [1.165, 1.54) is 27.4 Å². The molecule has 0 amide bonds. The van der Waals surface area contributed by atoms with Crippen molar-refractivity contribution >= 4 is 29.1 Å². The molecule has 0 atom stereocenters. The summed E-state index contributed by atoms with van der Waals surface area (Å²) in [4.78, 5) is 0. The van der Waals surface area contributed by atoms with Crippen LogP contribution in [0.5, 0.6) is 0 Å². The van der Waals surface area contributed by atoms with Crippen molar-refractivity contribution < 1.29 is 0 Å². The Morgan fingerprint density at radius 2 is 0.792 bits per heavy atom. The van der Waals surface area contributed by atoms with Crippen LogP contribution in [0.4, 0.5) is 0 Å². The Morgan fingerprint density at radius 3 is 1.00 bits per heavy atom. The molecule has 0 aliphatic carbocycles. The predicted octanol–water partition coefficient (Wildman–Crippen LogP) is 3.81. The molecule has 0 heterocycles. The molecule has 0 bridgehead atoms. The first-order chi connectivity index (χ1) is 11.6. The molecule has 0 aliphatic heterocycles. The van der Waals surface area contributed by atoms with Gasteiger partial charge >= 0.3 is 150 Å². The minimum absolute atomic E-state index is 1.30. The third-order valence-corrected chi connectivity index (χ3v) is 17.2. The van der Waals surface area contributed by atoms with Gasteiger partial charge in [-0.25, -0.2) is 0 Å². The van der Waals surface area contributed by atoms with Gasteiger partial charge in [-0.15, -0.1) is 0 Å². The van der Waals surface area contributed by atoms with Crippen LogP contribution in [-0.2, 0) is 0 Å². The van der Waals surface area contributed by atoms with Crippen LogP contribution in [0, 0.1) is 20.8 Å². The zero-order chi connectivity index (χ0) is 17.2. The molecule has 0 aromatic heterocycles. The summed E-state index contributed by atoms with van der Waals surface area (Å²) in [6.07, 6.45) is 0. The maximum absolute atomic E-state index is 4.32. The summed E-state index contributed by atoms with van der Waals surface area (Å²) in [5, 5.41) is 0. The molecule has 0 aliphatic rings. The summed E-state index contributed by atoms with van der Waals surface area (Å²) in [5.74, 6) is 0. The fourth-order valence-electron chi connectivity index (χ4n) is 3.30. The molecule has 0 unspecified atom stereocenters. The van der Waals surface area contributed by atoms with E-state index < -0.39 is 18.4 Å². The van der Waals surface area contributed by atoms with Gasteiger partial charge in [-0.3, -0.25) is 0 Å². The standard InChI is InChI=1S/3C7H7.C2H3.Sn/c3*1-7-5-3-2-4-6-7;1-2;/h3*3-6H,1H3;1H,2H2;. The first kappa shape index (κ1) is 17.0. The molecule has 3 aromatic rings. The summed E-state index contributed by atoms with van der Waals surface area (Å²) in [6, 6.07) is 27.2. The number of hydrogen-bond donors (Lipinski definition) is 0. The van der Waals surface area contributed by atoms with Gasteiger partial charge in [-0.05, 0) is 0 Å². The number of rotatable bonds is 4. The molecule has 3 aromatic carbocycles. The average Bonchev–Trinajstić information content (AvgIpc) is 2.60. The second kappa shape index (κ2) is 6.98. The molecule has 120 valence electrons. The van der Waals surface area contributed by atoms with Crippen molar-refractivity contribution in [3.63, 3.8) is 0 Å². The number of aryl methyl sites for hydroxylation is 3. The Hall–Kier alpha value is -1.80. The van der Waals surface area contributed by atoms with Crippen molar-refractivity contribution in [2.24, 2.45) is 0 Å². The molecule has 0 fully saturated rings. The van der Waals surface area contributed by atoms with Gasteiger partial charge in [0, 0.05) is 0 Å². The van der Waals surface area contributed by atoms with Crippen molar-refractivity contribution in [2.45, 2.75) is 20.8 Å². The van der Waals surface area contributed by atoms with E-state index in [-0.39, 0.29) is 0 Å². The molecule has 0 saturated carbocycles. The Morgan fingerprint density at radius 1 is 0.542 bits per heavy atom. The molecule has 0 radical (unpaired) electrons. The predicted molar refractivity (Wildman–Crippen MR) is 108 cm³/mol. The van der Waals surface area contributed by atoms with E-state index >= 15 is 0 Å². The molecule has 0 spiro atoms. The fourth-order valence-corrected chi connectivity index (χ4v) is 14.1. The topological polar surface area (TPSA) is 0 Å². The quantitative estimate of drug-likeness (QED) is 0.565. The van der Waals surface area contributed by atoms with Crippen LogP contribution in [0.25, 0.3) is 0 Å². The summed E-state index contributed by atoms with van der Waals surface area (Å²) in [5.41, 5.74) is 3.91. The zero-order valence-electron chi connectivity index (χ0n) is 14.7. The van der Waals surface area contributed by atoms with Crippen LogP contribution in [-0.4, -0.2) is 18.4 Å². The van der Waals surface area contributed by atoms with E-state index in [1.54, 1.807) is 0 Å². The summed E-state index contributed by atoms with van der Waals surface area (Å²) < 4.78 is 6.65. The van der Waals surface area contributed by atoms with Gasteiger partial charge in [0.2, 0.25) is 0 Å². The van der Waals surface area contributed by atoms with Crippen LogP contribution in [0.15, 0.2) is 83.5 Å². The summed E-state index contributed by atoms with van der Waals surface area (Å²) in [6.45, 7) is 10.8. The van der Waals surface area contributed by atoms with Crippen molar-refractivity contribution in [2.75, 3.05) is 0 Å². The third kappa shape index (κ3) is 3.08. The second-order valence-corrected chi connectivity index (χ2v) is 17.3. The van der Waals surface area contributed by atoms with Gasteiger partial charge in [-0.1, -0.05) is 0 Å². The van der Waals surface area contributed by atoms with Crippen molar-refractivity contribution in [1.29, 1.82) is 0 Å². The Bertz CT molecular complexity index is 714. The zero-order valence-corrected chi connectivity index (χ0v) is 17.6. The normalized spacial score (nSPS) is 11.3. The van der Waals surface area contributed by atoms with Crippen molar-refractivity contribution in [3.05, 3.63) is 100 Å². The molecule has 0 nitrogen and oxygen atoms in total. The molecule has 3 rings (SSSR count). The number of hydrogen-bond acceptors (Lipinski definition) is 0. The van der Waals surface area contributed by atoms with E-state index in [9.17, 15) is 0 Å². The van der Waals surface area contributed by atoms with Gasteiger partial charge in [0.1, 0.15) is 0 Å². The fraction of sp³-hybridized carbons (Fsp3) is 0.130. The number of benzene rings is 3. The maximum atomic E-state index is 4.32. The van der Waals surface area contributed by atoms with Crippen molar-refractivity contribution in [1.82, 2.24) is 0 Å². The van der Waals surface area contributed by atoms with Crippen LogP contribution in [0.1, 0.15) is 16.7 Å². The van der Waals surface area contributed by atoms with Gasteiger partial charge in [0.25, 0.3) is 0 Å². The van der Waals surface area contributed by atoms with E-state index in [0.29, 0.717) is 0 Å². The van der Waals surface area contributed by atoms with Crippen LogP contribution >= 0.6 is 0 Å². The van der Waals surface area contributed by atoms with Gasteiger partial charge < -0.3 is 0 Å². The van der Waals surface area contributed by atoms with E-state index in [4.69, 9.17) is 0 Å². The van der Waals surface area contributed by atoms with Gasteiger partial charge in [0.05, 0.1) is 0 Å². The molecular formula is C23H24Sn. The van der Waals surface area contributed by atoms with Gasteiger partial charge in [0.15, 0.2) is 0 Å². The summed E-state index contributed by atoms with van der Waals surface area (Å²) >= 11 is -3.16. The molecule has 1 heteroatoms. The Balaban J connectivity index is 2.29. The Labute approximate surface area is 149 Å². The van der Waals surface area contributed by atoms with Crippen LogP contribution in [0.2, 0.25) is 0 Å². The third-order valence-electron chi connectivity index (χ3n) is 4.83. The monoisotopic (exact) mass is 420 g/mol. The average molecular weight is 419 g/mol. The SMILES string of the molecule is C=[CH][Sn]([c]1ccc(C)cc1)([c]1ccc(C)cc1)[c]1ccc(C)cc1. The van der Waals surface area contributed by atoms with Gasteiger partial charge in [-0.2, -0.15) is 0 Å². The Kier molecular flexibility index (Phi) is 4.96.